The Kier molecular flexibility index (Phi) is 5.38. The number of hydrogen-bond donors (Lipinski definition) is 1. The van der Waals surface area contributed by atoms with Crippen LogP contribution in [0.5, 0.6) is 0 Å². The average Bonchev–Trinajstić information content (AvgIpc) is 2.52. The molecule has 1 N–H and O–H groups in total. The minimum atomic E-state index is -3.39. The fourth-order valence-electron chi connectivity index (χ4n) is 2.04. The highest BCUT2D eigenvalue weighted by atomic mass is 32.2. The molecule has 0 aliphatic heterocycles. The molecule has 0 spiro atoms. The summed E-state index contributed by atoms with van der Waals surface area (Å²) in [5.74, 6) is 0.220. The first-order valence-electron chi connectivity index (χ1n) is 6.97. The maximum Gasteiger partial charge on any atom is 0.179 e. The molecule has 1 aromatic heterocycles. The van der Waals surface area contributed by atoms with Gasteiger partial charge in [-0.25, -0.2) is 21.8 Å². The number of anilines is 1. The number of sulfone groups is 2. The molecule has 1 heterocycles. The highest BCUT2D eigenvalue weighted by Gasteiger charge is 2.15. The molecule has 2 aromatic rings. The van der Waals surface area contributed by atoms with Crippen LogP contribution in [0.1, 0.15) is 6.42 Å². The lowest BCUT2D eigenvalue weighted by Crippen LogP contribution is -2.13. The van der Waals surface area contributed by atoms with Crippen molar-refractivity contribution in [3.63, 3.8) is 0 Å². The summed E-state index contributed by atoms with van der Waals surface area (Å²) < 4.78 is 47.6. The number of nitrogens with one attached hydrogen (secondary N) is 1. The van der Waals surface area contributed by atoms with E-state index in [1.807, 2.05) is 0 Å². The van der Waals surface area contributed by atoms with E-state index < -0.39 is 19.7 Å². The summed E-state index contributed by atoms with van der Waals surface area (Å²) in [7, 11) is -6.72. The maximum atomic E-state index is 12.1. The van der Waals surface area contributed by atoms with Gasteiger partial charge in [-0.2, -0.15) is 0 Å². The van der Waals surface area contributed by atoms with Gasteiger partial charge in [-0.3, -0.25) is 0 Å². The van der Waals surface area contributed by atoms with Crippen molar-refractivity contribution in [3.8, 4) is 0 Å². The summed E-state index contributed by atoms with van der Waals surface area (Å²) in [4.78, 5) is 4.39. The van der Waals surface area contributed by atoms with Gasteiger partial charge in [-0.15, -0.1) is 0 Å². The number of aromatic nitrogens is 1. The van der Waals surface area contributed by atoms with Crippen LogP contribution in [0.4, 0.5) is 5.82 Å². The molecule has 124 valence electrons. The summed E-state index contributed by atoms with van der Waals surface area (Å²) in [6, 6.07) is 11.2. The third-order valence-corrected chi connectivity index (χ3v) is 6.10. The molecule has 0 unspecified atom stereocenters. The number of rotatable bonds is 7. The lowest BCUT2D eigenvalue weighted by atomic mass is 10.4. The average molecular weight is 354 g/mol. The Morgan fingerprint density at radius 3 is 2.35 bits per heavy atom. The van der Waals surface area contributed by atoms with Gasteiger partial charge in [-0.05, 0) is 30.7 Å². The molecule has 0 aliphatic carbocycles. The summed E-state index contributed by atoms with van der Waals surface area (Å²) in [6.07, 6.45) is 2.93. The van der Waals surface area contributed by atoms with Crippen molar-refractivity contribution in [2.75, 3.05) is 23.9 Å². The Morgan fingerprint density at radius 2 is 1.70 bits per heavy atom. The van der Waals surface area contributed by atoms with Crippen LogP contribution in [0.15, 0.2) is 58.5 Å². The molecule has 8 heteroatoms. The monoisotopic (exact) mass is 354 g/mol. The quantitative estimate of drug-likeness (QED) is 0.762. The molecule has 0 saturated carbocycles. The zero-order valence-corrected chi connectivity index (χ0v) is 14.3. The molecule has 0 fully saturated rings. The molecule has 0 saturated heterocycles. The van der Waals surface area contributed by atoms with Crippen LogP contribution in [0, 0.1) is 0 Å². The number of pyridine rings is 1. The van der Waals surface area contributed by atoms with Gasteiger partial charge in [0.05, 0.1) is 10.6 Å². The van der Waals surface area contributed by atoms with Crippen LogP contribution in [0.3, 0.4) is 0 Å². The summed E-state index contributed by atoms with van der Waals surface area (Å²) >= 11 is 0. The molecule has 0 bridgehead atoms. The standard InChI is InChI=1S/C15H18N2O4S2/c1-22(18,19)14-9-5-10-16-15(14)17-11-6-12-23(20,21)13-7-3-2-4-8-13/h2-5,7-10H,6,11-12H2,1H3,(H,16,17). The summed E-state index contributed by atoms with van der Waals surface area (Å²) in [5, 5.41) is 2.89. The van der Waals surface area contributed by atoms with Crippen LogP contribution in [-0.4, -0.2) is 40.4 Å². The number of hydrogen-bond acceptors (Lipinski definition) is 6. The van der Waals surface area contributed by atoms with Gasteiger partial charge >= 0.3 is 0 Å². The zero-order chi connectivity index (χ0) is 16.9. The predicted octanol–water partition coefficient (Wildman–Crippen LogP) is 1.76. The van der Waals surface area contributed by atoms with Crippen LogP contribution < -0.4 is 5.32 Å². The SMILES string of the molecule is CS(=O)(=O)c1cccnc1NCCCS(=O)(=O)c1ccccc1. The predicted molar refractivity (Wildman–Crippen MR) is 88.9 cm³/mol. The molecule has 0 amide bonds. The van der Waals surface area contributed by atoms with Gasteiger partial charge in [0.1, 0.15) is 10.7 Å². The van der Waals surface area contributed by atoms with Gasteiger partial charge in [-0.1, -0.05) is 18.2 Å². The molecule has 0 aliphatic rings. The van der Waals surface area contributed by atoms with Crippen molar-refractivity contribution in [1.29, 1.82) is 0 Å². The highest BCUT2D eigenvalue weighted by molar-refractivity contribution is 7.91. The Balaban J connectivity index is 1.97. The normalized spacial score (nSPS) is 12.0. The van der Waals surface area contributed by atoms with Crippen LogP contribution >= 0.6 is 0 Å². The van der Waals surface area contributed by atoms with Gasteiger partial charge in [0, 0.05) is 19.0 Å². The van der Waals surface area contributed by atoms with Crippen molar-refractivity contribution in [3.05, 3.63) is 48.7 Å². The van der Waals surface area contributed by atoms with Crippen molar-refractivity contribution in [2.45, 2.75) is 16.2 Å². The minimum absolute atomic E-state index is 0.0228. The fourth-order valence-corrected chi connectivity index (χ4v) is 4.17. The Morgan fingerprint density at radius 1 is 1.00 bits per heavy atom. The van der Waals surface area contributed by atoms with Crippen molar-refractivity contribution >= 4 is 25.5 Å². The summed E-state index contributed by atoms with van der Waals surface area (Å²) in [5.41, 5.74) is 0. The number of benzene rings is 1. The van der Waals surface area contributed by atoms with E-state index in [0.717, 1.165) is 6.26 Å². The van der Waals surface area contributed by atoms with E-state index in [4.69, 9.17) is 0 Å². The minimum Gasteiger partial charge on any atom is -0.369 e. The van der Waals surface area contributed by atoms with Gasteiger partial charge in [0.15, 0.2) is 19.7 Å². The Bertz CT molecular complexity index is 863. The first kappa shape index (κ1) is 17.4. The van der Waals surface area contributed by atoms with E-state index in [0.29, 0.717) is 13.0 Å². The van der Waals surface area contributed by atoms with E-state index in [1.165, 1.54) is 12.3 Å². The van der Waals surface area contributed by atoms with Gasteiger partial charge in [0.2, 0.25) is 0 Å². The van der Waals surface area contributed by atoms with E-state index in [2.05, 4.69) is 10.3 Å². The Labute approximate surface area is 136 Å². The highest BCUT2D eigenvalue weighted by Crippen LogP contribution is 2.18. The van der Waals surface area contributed by atoms with Crippen molar-refractivity contribution < 1.29 is 16.8 Å². The van der Waals surface area contributed by atoms with Crippen molar-refractivity contribution in [1.82, 2.24) is 4.98 Å². The first-order chi connectivity index (χ1) is 10.8. The maximum absolute atomic E-state index is 12.1. The van der Waals surface area contributed by atoms with Crippen molar-refractivity contribution in [2.24, 2.45) is 0 Å². The third-order valence-electron chi connectivity index (χ3n) is 3.15. The van der Waals surface area contributed by atoms with Crippen LogP contribution in [-0.2, 0) is 19.7 Å². The van der Waals surface area contributed by atoms with Gasteiger partial charge < -0.3 is 5.32 Å². The smallest absolute Gasteiger partial charge is 0.179 e. The first-order valence-corrected chi connectivity index (χ1v) is 10.5. The van der Waals surface area contributed by atoms with Gasteiger partial charge in [0.25, 0.3) is 0 Å². The second kappa shape index (κ2) is 7.10. The van der Waals surface area contributed by atoms with E-state index >= 15 is 0 Å². The van der Waals surface area contributed by atoms with E-state index in [-0.39, 0.29) is 21.4 Å². The molecular weight excluding hydrogens is 336 g/mol. The topological polar surface area (TPSA) is 93.2 Å². The molecule has 2 rings (SSSR count). The largest absolute Gasteiger partial charge is 0.369 e. The lowest BCUT2D eigenvalue weighted by Gasteiger charge is -2.09. The molecule has 0 atom stereocenters. The van der Waals surface area contributed by atoms with E-state index in [1.54, 1.807) is 36.4 Å². The lowest BCUT2D eigenvalue weighted by molar-refractivity contribution is 0.593. The van der Waals surface area contributed by atoms with Crippen LogP contribution in [0.2, 0.25) is 0 Å². The molecule has 6 nitrogen and oxygen atoms in total. The fraction of sp³-hybridized carbons (Fsp3) is 0.267. The summed E-state index contributed by atoms with van der Waals surface area (Å²) in [6.45, 7) is 0.311. The zero-order valence-electron chi connectivity index (χ0n) is 12.6. The molecule has 23 heavy (non-hydrogen) atoms. The number of nitrogens with zero attached hydrogens (tertiary/aromatic N) is 1. The molecular formula is C15H18N2O4S2. The second-order valence-electron chi connectivity index (χ2n) is 5.03. The van der Waals surface area contributed by atoms with Crippen LogP contribution in [0.25, 0.3) is 0 Å². The van der Waals surface area contributed by atoms with E-state index in [9.17, 15) is 16.8 Å². The molecule has 0 radical (unpaired) electrons. The third kappa shape index (κ3) is 4.77. The molecule has 1 aromatic carbocycles. The second-order valence-corrected chi connectivity index (χ2v) is 9.13. The Hall–Kier alpha value is -1.93.